The highest BCUT2D eigenvalue weighted by atomic mass is 19.1. The molecule has 0 radical (unpaired) electrons. The van der Waals surface area contributed by atoms with Crippen molar-refractivity contribution in [2.24, 2.45) is 4.99 Å². The Morgan fingerprint density at radius 1 is 0.933 bits per heavy atom. The lowest BCUT2D eigenvalue weighted by Gasteiger charge is -2.13. The standard InChI is InChI=1S/C24H19FN4O/c1-13-22-19-9-5-16(17-6-10-21(26)27-12-17)11-20(19)23(15-3-7-18(25)8-4-15)28-14(2)24(22)30-29-13/h3-12,14H,1-2H3,(H2,26,27). The van der Waals surface area contributed by atoms with Crippen molar-refractivity contribution < 1.29 is 8.91 Å². The zero-order valence-corrected chi connectivity index (χ0v) is 16.6. The van der Waals surface area contributed by atoms with Crippen molar-refractivity contribution in [1.29, 1.82) is 0 Å². The molecule has 0 spiro atoms. The van der Waals surface area contributed by atoms with Crippen LogP contribution >= 0.6 is 0 Å². The van der Waals surface area contributed by atoms with Crippen LogP contribution in [0.3, 0.4) is 0 Å². The number of nitrogens with zero attached hydrogens (tertiary/aromatic N) is 3. The highest BCUT2D eigenvalue weighted by Crippen LogP contribution is 2.40. The highest BCUT2D eigenvalue weighted by Gasteiger charge is 2.28. The van der Waals surface area contributed by atoms with Crippen LogP contribution in [-0.2, 0) is 0 Å². The lowest BCUT2D eigenvalue weighted by molar-refractivity contribution is 0.366. The van der Waals surface area contributed by atoms with Crippen LogP contribution in [0.25, 0.3) is 22.3 Å². The molecular weight excluding hydrogens is 379 g/mol. The van der Waals surface area contributed by atoms with E-state index in [4.69, 9.17) is 15.2 Å². The summed E-state index contributed by atoms with van der Waals surface area (Å²) in [4.78, 5) is 9.15. The largest absolute Gasteiger partial charge is 0.384 e. The number of hydrogen-bond donors (Lipinski definition) is 1. The number of rotatable bonds is 2. The van der Waals surface area contributed by atoms with Crippen molar-refractivity contribution in [3.63, 3.8) is 0 Å². The van der Waals surface area contributed by atoms with Crippen LogP contribution in [0.2, 0.25) is 0 Å². The summed E-state index contributed by atoms with van der Waals surface area (Å²) in [6, 6.07) is 16.1. The first-order valence-corrected chi connectivity index (χ1v) is 9.68. The molecule has 0 bridgehead atoms. The van der Waals surface area contributed by atoms with E-state index in [0.29, 0.717) is 5.82 Å². The maximum atomic E-state index is 13.6. The van der Waals surface area contributed by atoms with Gasteiger partial charge in [0.15, 0.2) is 5.76 Å². The van der Waals surface area contributed by atoms with Crippen LogP contribution in [0.5, 0.6) is 0 Å². The molecule has 3 heterocycles. The number of benzene rings is 2. The molecule has 2 aromatic heterocycles. The Labute approximate surface area is 173 Å². The minimum Gasteiger partial charge on any atom is -0.384 e. The summed E-state index contributed by atoms with van der Waals surface area (Å²) >= 11 is 0. The molecule has 1 atom stereocenters. The molecule has 5 nitrogen and oxygen atoms in total. The molecule has 1 unspecified atom stereocenters. The van der Waals surface area contributed by atoms with E-state index in [1.165, 1.54) is 12.1 Å². The van der Waals surface area contributed by atoms with Crippen molar-refractivity contribution in [2.75, 3.05) is 5.73 Å². The normalized spacial score (nSPS) is 15.2. The van der Waals surface area contributed by atoms with Gasteiger partial charge in [0.1, 0.15) is 17.7 Å². The highest BCUT2D eigenvalue weighted by molar-refractivity contribution is 6.17. The van der Waals surface area contributed by atoms with Crippen LogP contribution < -0.4 is 5.73 Å². The molecule has 0 saturated heterocycles. The number of aromatic nitrogens is 2. The van der Waals surface area contributed by atoms with E-state index in [1.807, 2.05) is 26.0 Å². The van der Waals surface area contributed by atoms with Gasteiger partial charge < -0.3 is 10.3 Å². The Morgan fingerprint density at radius 3 is 2.40 bits per heavy atom. The zero-order chi connectivity index (χ0) is 20.8. The molecule has 2 aromatic carbocycles. The molecule has 5 rings (SSSR count). The van der Waals surface area contributed by atoms with Crippen LogP contribution in [-0.4, -0.2) is 15.9 Å². The summed E-state index contributed by atoms with van der Waals surface area (Å²) in [7, 11) is 0. The molecule has 148 valence electrons. The Balaban J connectivity index is 1.77. The average Bonchev–Trinajstić information content (AvgIpc) is 3.08. The molecular formula is C24H19FN4O. The Bertz CT molecular complexity index is 1270. The van der Waals surface area contributed by atoms with Crippen molar-refractivity contribution in [3.05, 3.63) is 89.2 Å². The number of fused-ring (bicyclic) bond motifs is 3. The molecule has 0 saturated carbocycles. The van der Waals surface area contributed by atoms with E-state index in [1.54, 1.807) is 24.4 Å². The minimum atomic E-state index is -0.283. The fraction of sp³-hybridized carbons (Fsp3) is 0.125. The van der Waals surface area contributed by atoms with Crippen LogP contribution in [0.15, 0.2) is 70.3 Å². The smallest absolute Gasteiger partial charge is 0.169 e. The van der Waals surface area contributed by atoms with Gasteiger partial charge in [-0.2, -0.15) is 0 Å². The van der Waals surface area contributed by atoms with Crippen LogP contribution in [0, 0.1) is 12.7 Å². The maximum Gasteiger partial charge on any atom is 0.169 e. The Hall–Kier alpha value is -3.80. The third-order valence-electron chi connectivity index (χ3n) is 5.37. The number of anilines is 1. The number of aryl methyl sites for hydroxylation is 1. The summed E-state index contributed by atoms with van der Waals surface area (Å²) in [5.74, 6) is 0.920. The van der Waals surface area contributed by atoms with E-state index >= 15 is 0 Å². The molecule has 2 N–H and O–H groups in total. The molecule has 0 amide bonds. The lowest BCUT2D eigenvalue weighted by Crippen LogP contribution is -2.06. The third kappa shape index (κ3) is 2.97. The number of nitrogens with two attached hydrogens (primary N) is 1. The summed E-state index contributed by atoms with van der Waals surface area (Å²) in [5.41, 5.74) is 13.0. The number of aliphatic imine (C=N–C) groups is 1. The lowest BCUT2D eigenvalue weighted by atomic mass is 9.90. The monoisotopic (exact) mass is 398 g/mol. The second kappa shape index (κ2) is 6.91. The van der Waals surface area contributed by atoms with Gasteiger partial charge in [-0.25, -0.2) is 9.37 Å². The first-order valence-electron chi connectivity index (χ1n) is 9.68. The van der Waals surface area contributed by atoms with E-state index in [2.05, 4.69) is 22.3 Å². The van der Waals surface area contributed by atoms with E-state index in [9.17, 15) is 4.39 Å². The number of nitrogen functional groups attached to an aromatic ring is 1. The topological polar surface area (TPSA) is 77.3 Å². The number of halogens is 1. The molecule has 1 aliphatic heterocycles. The predicted molar refractivity (Wildman–Crippen MR) is 115 cm³/mol. The summed E-state index contributed by atoms with van der Waals surface area (Å²) in [6.07, 6.45) is 1.75. The summed E-state index contributed by atoms with van der Waals surface area (Å²) in [5, 5.41) is 4.17. The fourth-order valence-electron chi connectivity index (χ4n) is 3.87. The zero-order valence-electron chi connectivity index (χ0n) is 16.6. The molecule has 30 heavy (non-hydrogen) atoms. The summed E-state index contributed by atoms with van der Waals surface area (Å²) < 4.78 is 19.2. The summed E-state index contributed by atoms with van der Waals surface area (Å²) in [6.45, 7) is 3.91. The quantitative estimate of drug-likeness (QED) is 0.494. The third-order valence-corrected chi connectivity index (χ3v) is 5.37. The van der Waals surface area contributed by atoms with Crippen molar-refractivity contribution in [2.45, 2.75) is 19.9 Å². The van der Waals surface area contributed by atoms with Crippen LogP contribution in [0.4, 0.5) is 10.2 Å². The van der Waals surface area contributed by atoms with Gasteiger partial charge in [0, 0.05) is 22.9 Å². The molecule has 1 aliphatic rings. The van der Waals surface area contributed by atoms with Gasteiger partial charge in [-0.1, -0.05) is 17.3 Å². The van der Waals surface area contributed by atoms with Crippen molar-refractivity contribution >= 4 is 11.5 Å². The maximum absolute atomic E-state index is 13.6. The molecule has 0 fully saturated rings. The van der Waals surface area contributed by atoms with Gasteiger partial charge >= 0.3 is 0 Å². The van der Waals surface area contributed by atoms with E-state index in [-0.39, 0.29) is 11.9 Å². The van der Waals surface area contributed by atoms with Gasteiger partial charge in [0.05, 0.1) is 17.0 Å². The van der Waals surface area contributed by atoms with Crippen molar-refractivity contribution in [1.82, 2.24) is 10.1 Å². The average molecular weight is 398 g/mol. The second-order valence-corrected chi connectivity index (χ2v) is 7.40. The molecule has 4 aromatic rings. The first kappa shape index (κ1) is 18.2. The first-order chi connectivity index (χ1) is 14.5. The molecule has 6 heteroatoms. The van der Waals surface area contributed by atoms with Crippen LogP contribution in [0.1, 0.15) is 35.5 Å². The van der Waals surface area contributed by atoms with E-state index in [0.717, 1.165) is 50.5 Å². The van der Waals surface area contributed by atoms with E-state index < -0.39 is 0 Å². The number of pyridine rings is 1. The second-order valence-electron chi connectivity index (χ2n) is 7.40. The SMILES string of the molecule is Cc1noc2c1-c1ccc(-c3ccc(N)nc3)cc1C(c1ccc(F)cc1)=NC2C. The minimum absolute atomic E-state index is 0.227. The van der Waals surface area contributed by atoms with Gasteiger partial charge in [0.25, 0.3) is 0 Å². The predicted octanol–water partition coefficient (Wildman–Crippen LogP) is 5.35. The van der Waals surface area contributed by atoms with Gasteiger partial charge in [-0.05, 0) is 67.4 Å². The number of hydrogen-bond acceptors (Lipinski definition) is 5. The van der Waals surface area contributed by atoms with Gasteiger partial charge in [-0.15, -0.1) is 0 Å². The Kier molecular flexibility index (Phi) is 4.20. The van der Waals surface area contributed by atoms with Crippen molar-refractivity contribution in [3.8, 4) is 22.3 Å². The van der Waals surface area contributed by atoms with Gasteiger partial charge in [0.2, 0.25) is 0 Å². The molecule has 0 aliphatic carbocycles. The fourth-order valence-corrected chi connectivity index (χ4v) is 3.87. The van der Waals surface area contributed by atoms with Gasteiger partial charge in [-0.3, -0.25) is 4.99 Å². The Morgan fingerprint density at radius 2 is 1.67 bits per heavy atom.